The number of anilines is 1. The number of rotatable bonds is 6. The van der Waals surface area contributed by atoms with Gasteiger partial charge >= 0.3 is 165 Å². The molecule has 0 saturated carbocycles. The Bertz CT molecular complexity index is 1190. The van der Waals surface area contributed by atoms with Gasteiger partial charge in [0.25, 0.3) is 0 Å². The van der Waals surface area contributed by atoms with Crippen molar-refractivity contribution in [3.05, 3.63) is 104 Å². The van der Waals surface area contributed by atoms with Gasteiger partial charge in [-0.05, 0) is 12.1 Å². The quantitative estimate of drug-likeness (QED) is 0.308. The minimum absolute atomic E-state index is 0.0202. The fraction of sp³-hybridized carbons (Fsp3) is 0.0435. The van der Waals surface area contributed by atoms with Crippen molar-refractivity contribution in [3.63, 3.8) is 0 Å². The largest absolute Gasteiger partial charge is 0.265 e. The number of nitrogens with zero attached hydrogens (tertiary/aromatic N) is 3. The Balaban J connectivity index is 0.000000416. The second kappa shape index (κ2) is 11.7. The molecular formula is C23H20FN3O3PoS. The first kappa shape index (κ1) is 23.8. The van der Waals surface area contributed by atoms with Gasteiger partial charge in [0.05, 0.1) is 0 Å². The Kier molecular flexibility index (Phi) is 8.66. The predicted octanol–water partition coefficient (Wildman–Crippen LogP) is 4.54. The van der Waals surface area contributed by atoms with Crippen molar-refractivity contribution in [1.29, 1.82) is 0 Å². The van der Waals surface area contributed by atoms with Gasteiger partial charge < -0.3 is 0 Å². The minimum Gasteiger partial charge on any atom is -0.265 e. The SMILES string of the molecule is COc1ccc(S(=O)(=O)[N]([Po][F])c2ccccc2-c2ccccn2)cc1.c1ccncc1. The molecule has 0 aliphatic heterocycles. The second-order valence-electron chi connectivity index (χ2n) is 6.23. The first-order valence-corrected chi connectivity index (χ1v) is 13.5. The van der Waals surface area contributed by atoms with Crippen molar-refractivity contribution in [2.24, 2.45) is 0 Å². The van der Waals surface area contributed by atoms with E-state index in [2.05, 4.69) is 9.97 Å². The summed E-state index contributed by atoms with van der Waals surface area (Å²) in [5.74, 6) is 0.532. The normalized spacial score (nSPS) is 10.6. The van der Waals surface area contributed by atoms with Crippen molar-refractivity contribution in [1.82, 2.24) is 9.97 Å². The molecule has 4 rings (SSSR count). The second-order valence-corrected chi connectivity index (χ2v) is 11.0. The molecule has 2 aromatic heterocycles. The summed E-state index contributed by atoms with van der Waals surface area (Å²) in [7, 11) is -2.52. The maximum absolute atomic E-state index is 14.0. The van der Waals surface area contributed by atoms with Gasteiger partial charge in [-0.2, -0.15) is 0 Å². The van der Waals surface area contributed by atoms with E-state index in [0.717, 1.165) is 2.20 Å². The van der Waals surface area contributed by atoms with Crippen molar-refractivity contribution >= 4 is 40.2 Å². The topological polar surface area (TPSA) is 72.4 Å². The van der Waals surface area contributed by atoms with Crippen LogP contribution in [0.25, 0.3) is 11.3 Å². The van der Waals surface area contributed by atoms with Crippen LogP contribution < -0.4 is 6.94 Å². The van der Waals surface area contributed by atoms with Crippen molar-refractivity contribution in [2.75, 3.05) is 9.31 Å². The molecule has 0 aliphatic rings. The first-order chi connectivity index (χ1) is 15.6. The number of hydrogen-bond donors (Lipinski definition) is 0. The fourth-order valence-electron chi connectivity index (χ4n) is 2.73. The van der Waals surface area contributed by atoms with Crippen molar-refractivity contribution < 1.29 is 15.7 Å². The van der Waals surface area contributed by atoms with Crippen LogP contribution in [0.3, 0.4) is 0 Å². The first-order valence-electron chi connectivity index (χ1n) is 9.41. The third-order valence-corrected chi connectivity index (χ3v) is 9.78. The molecule has 0 bridgehead atoms. The Morgan fingerprint density at radius 3 is 2.03 bits per heavy atom. The van der Waals surface area contributed by atoms with Gasteiger partial charge in [-0.25, -0.2) is 0 Å². The molecule has 6 nitrogen and oxygen atoms in total. The molecule has 0 aliphatic carbocycles. The maximum Gasteiger partial charge on any atom is 0.0267 e. The average molecular weight is 646 g/mol. The number of methoxy groups -OCH3 is 1. The van der Waals surface area contributed by atoms with E-state index in [0.29, 0.717) is 22.7 Å². The van der Waals surface area contributed by atoms with E-state index >= 15 is 0 Å². The zero-order valence-corrected chi connectivity index (χ0v) is 21.1. The fourth-order valence-corrected chi connectivity index (χ4v) is 6.67. The molecule has 32 heavy (non-hydrogen) atoms. The van der Waals surface area contributed by atoms with Crippen LogP contribution in [-0.4, -0.2) is 50.0 Å². The van der Waals surface area contributed by atoms with Gasteiger partial charge in [0.15, 0.2) is 0 Å². The van der Waals surface area contributed by atoms with Crippen LogP contribution in [0.2, 0.25) is 0 Å². The van der Waals surface area contributed by atoms with Gasteiger partial charge in [-0.1, -0.05) is 6.07 Å². The van der Waals surface area contributed by atoms with Crippen molar-refractivity contribution in [3.8, 4) is 17.0 Å². The zero-order valence-electron chi connectivity index (χ0n) is 17.1. The van der Waals surface area contributed by atoms with Crippen LogP contribution in [0.15, 0.2) is 108 Å². The molecule has 0 radical (unpaired) electrons. The van der Waals surface area contributed by atoms with E-state index in [1.165, 1.54) is 19.2 Å². The van der Waals surface area contributed by atoms with Crippen LogP contribution in [0.4, 0.5) is 8.28 Å². The summed E-state index contributed by atoms with van der Waals surface area (Å²) in [6.07, 6.45) is 5.11. The molecule has 0 spiro atoms. The molecule has 2 aromatic carbocycles. The predicted molar refractivity (Wildman–Crippen MR) is 123 cm³/mol. The summed E-state index contributed by atoms with van der Waals surface area (Å²) in [4.78, 5) is 8.07. The molecule has 2 heterocycles. The Labute approximate surface area is 199 Å². The van der Waals surface area contributed by atoms with E-state index in [1.54, 1.807) is 73.2 Å². The molecule has 0 unspecified atom stereocenters. The minimum atomic E-state index is -4.01. The maximum atomic E-state index is 14.0. The summed E-state index contributed by atoms with van der Waals surface area (Å²) < 4.78 is 46.0. The van der Waals surface area contributed by atoms with E-state index in [4.69, 9.17) is 4.74 Å². The third-order valence-electron chi connectivity index (χ3n) is 4.25. The number of ether oxygens (including phenoxy) is 1. The monoisotopic (exact) mass is 646 g/mol. The van der Waals surface area contributed by atoms with Crippen LogP contribution >= 0.6 is 0 Å². The standard InChI is InChI=1S/C18H15N2O3S.C5H5N.FH.Po/c1-23-14-9-11-15(12-10-14)24(21,22)20-18-8-3-2-6-16(18)17-7-4-5-13-19-17;1-2-4-6-5-3-1;;/h2-13H,1H3;1-5H;1H;/q-1;;;+2/p-1. The van der Waals surface area contributed by atoms with Gasteiger partial charge in [0.1, 0.15) is 0 Å². The summed E-state index contributed by atoms with van der Waals surface area (Å²) in [5, 5.41) is 0. The summed E-state index contributed by atoms with van der Waals surface area (Å²) in [5.41, 5.74) is 1.46. The molecular weight excluding hydrogens is 626 g/mol. The third kappa shape index (κ3) is 5.87. The summed E-state index contributed by atoms with van der Waals surface area (Å²) >= 11 is -2.85. The van der Waals surface area contributed by atoms with Gasteiger partial charge in [-0.15, -0.1) is 0 Å². The van der Waals surface area contributed by atoms with Crippen molar-refractivity contribution in [2.45, 2.75) is 4.90 Å². The molecule has 4 aromatic rings. The van der Waals surface area contributed by atoms with E-state index in [1.807, 2.05) is 18.2 Å². The molecule has 0 fully saturated rings. The Morgan fingerprint density at radius 2 is 1.50 bits per heavy atom. The average Bonchev–Trinajstić information content (AvgIpc) is 2.87. The number of halogens is 1. The number of aromatic nitrogens is 2. The Hall–Kier alpha value is -2.88. The summed E-state index contributed by atoms with van der Waals surface area (Å²) in [6, 6.07) is 23.8. The van der Waals surface area contributed by atoms with E-state index in [9.17, 15) is 11.0 Å². The summed E-state index contributed by atoms with van der Waals surface area (Å²) in [6.45, 7) is 0. The number of pyridine rings is 2. The van der Waals surface area contributed by atoms with Crippen LogP contribution in [0, 0.1) is 0 Å². The zero-order chi connectivity index (χ0) is 22.8. The van der Waals surface area contributed by atoms with Gasteiger partial charge in [-0.3, -0.25) is 4.98 Å². The molecule has 0 atom stereocenters. The number of para-hydroxylation sites is 1. The number of hydrogen-bond acceptors (Lipinski definition) is 5. The molecule has 0 amide bonds. The molecule has 0 saturated heterocycles. The van der Waals surface area contributed by atoms with Crippen LogP contribution in [0.5, 0.6) is 5.75 Å². The number of benzene rings is 2. The van der Waals surface area contributed by atoms with Crippen LogP contribution in [0.1, 0.15) is 0 Å². The molecule has 164 valence electrons. The van der Waals surface area contributed by atoms with Gasteiger partial charge in [0, 0.05) is 12.4 Å². The Morgan fingerprint density at radius 1 is 0.844 bits per heavy atom. The molecule has 9 heteroatoms. The number of sulfonamides is 1. The smallest absolute Gasteiger partial charge is 0.0267 e. The van der Waals surface area contributed by atoms with E-state index in [-0.39, 0.29) is 4.90 Å². The van der Waals surface area contributed by atoms with Gasteiger partial charge in [0.2, 0.25) is 0 Å². The van der Waals surface area contributed by atoms with Crippen LogP contribution in [-0.2, 0) is 10.0 Å². The molecule has 0 N–H and O–H groups in total. The van der Waals surface area contributed by atoms with E-state index < -0.39 is 34.5 Å².